The number of anilines is 2. The lowest BCUT2D eigenvalue weighted by Gasteiger charge is -2.10. The molecule has 0 unspecified atom stereocenters. The van der Waals surface area contributed by atoms with Crippen LogP contribution in [-0.4, -0.2) is 16.5 Å². The topological polar surface area (TPSA) is 63.8 Å². The molecule has 0 radical (unpaired) electrons. The number of hydrogen-bond acceptors (Lipinski definition) is 5. The summed E-state index contributed by atoms with van der Waals surface area (Å²) in [7, 11) is 0. The Balaban J connectivity index is 1.98. The van der Waals surface area contributed by atoms with Crippen LogP contribution in [0, 0.1) is 13.8 Å². The second kappa shape index (κ2) is 5.54. The zero-order valence-electron chi connectivity index (χ0n) is 10.3. The van der Waals surface area contributed by atoms with Gasteiger partial charge in [0.05, 0.1) is 4.34 Å². The largest absolute Gasteiger partial charge is 0.383 e. The van der Waals surface area contributed by atoms with Crippen LogP contribution in [0.2, 0.25) is 4.34 Å². The first-order chi connectivity index (χ1) is 8.56. The zero-order valence-corrected chi connectivity index (χ0v) is 11.9. The van der Waals surface area contributed by atoms with E-state index in [4.69, 9.17) is 17.3 Å². The second-order valence-electron chi connectivity index (χ2n) is 4.01. The van der Waals surface area contributed by atoms with E-state index in [1.165, 1.54) is 4.88 Å². The van der Waals surface area contributed by atoms with Crippen LogP contribution in [-0.2, 0) is 6.42 Å². The molecular weight excluding hydrogens is 268 g/mol. The van der Waals surface area contributed by atoms with Gasteiger partial charge in [0.1, 0.15) is 17.5 Å². The summed E-state index contributed by atoms with van der Waals surface area (Å²) in [5, 5.41) is 3.28. The molecule has 0 amide bonds. The normalized spacial score (nSPS) is 10.6. The lowest BCUT2D eigenvalue weighted by atomic mass is 10.3. The molecule has 0 atom stereocenters. The van der Waals surface area contributed by atoms with Crippen LogP contribution >= 0.6 is 22.9 Å². The smallest absolute Gasteiger partial charge is 0.134 e. The highest BCUT2D eigenvalue weighted by Gasteiger charge is 2.06. The molecule has 0 aliphatic heterocycles. The SMILES string of the molecule is Cc1nc(N)c(C)c(NCCc2ccc(Cl)s2)n1. The number of aromatic nitrogens is 2. The fourth-order valence-electron chi connectivity index (χ4n) is 1.61. The lowest BCUT2D eigenvalue weighted by molar-refractivity contribution is 0.985. The van der Waals surface area contributed by atoms with Crippen molar-refractivity contribution in [3.63, 3.8) is 0 Å². The van der Waals surface area contributed by atoms with Gasteiger partial charge in [-0.2, -0.15) is 0 Å². The molecule has 0 bridgehead atoms. The first kappa shape index (κ1) is 13.1. The third-order valence-electron chi connectivity index (χ3n) is 2.59. The summed E-state index contributed by atoms with van der Waals surface area (Å²) < 4.78 is 0.823. The number of nitrogen functional groups attached to an aromatic ring is 1. The minimum absolute atomic E-state index is 0.532. The predicted octanol–water partition coefficient (Wildman–Crippen LogP) is 3.05. The van der Waals surface area contributed by atoms with Gasteiger partial charge in [0.2, 0.25) is 0 Å². The number of rotatable bonds is 4. The van der Waals surface area contributed by atoms with Crippen LogP contribution in [0.1, 0.15) is 16.3 Å². The molecule has 0 saturated heterocycles. The van der Waals surface area contributed by atoms with Gasteiger partial charge in [-0.05, 0) is 32.4 Å². The maximum Gasteiger partial charge on any atom is 0.134 e. The van der Waals surface area contributed by atoms with E-state index >= 15 is 0 Å². The average molecular weight is 283 g/mol. The molecule has 0 spiro atoms. The molecule has 0 aliphatic carbocycles. The molecule has 2 heterocycles. The Morgan fingerprint density at radius 3 is 2.78 bits per heavy atom. The van der Waals surface area contributed by atoms with Gasteiger partial charge in [0.15, 0.2) is 0 Å². The number of nitrogens with one attached hydrogen (secondary N) is 1. The molecule has 4 nitrogen and oxygen atoms in total. The summed E-state index contributed by atoms with van der Waals surface area (Å²) >= 11 is 7.49. The van der Waals surface area contributed by atoms with Gasteiger partial charge in [-0.15, -0.1) is 11.3 Å². The average Bonchev–Trinajstić information content (AvgIpc) is 2.71. The Hall–Kier alpha value is -1.33. The van der Waals surface area contributed by atoms with Gasteiger partial charge in [-0.1, -0.05) is 11.6 Å². The van der Waals surface area contributed by atoms with Gasteiger partial charge in [-0.25, -0.2) is 9.97 Å². The Morgan fingerprint density at radius 1 is 1.33 bits per heavy atom. The highest BCUT2D eigenvalue weighted by molar-refractivity contribution is 7.16. The number of halogens is 1. The number of thiophene rings is 1. The molecule has 0 saturated carbocycles. The maximum absolute atomic E-state index is 5.88. The van der Waals surface area contributed by atoms with E-state index < -0.39 is 0 Å². The molecule has 0 aromatic carbocycles. The number of nitrogens with zero attached hydrogens (tertiary/aromatic N) is 2. The van der Waals surface area contributed by atoms with Crippen molar-refractivity contribution in [1.82, 2.24) is 9.97 Å². The Kier molecular flexibility index (Phi) is 4.04. The van der Waals surface area contributed by atoms with Crippen LogP contribution in [0.4, 0.5) is 11.6 Å². The maximum atomic E-state index is 5.88. The van der Waals surface area contributed by atoms with Crippen LogP contribution in [0.25, 0.3) is 0 Å². The van der Waals surface area contributed by atoms with Crippen LogP contribution in [0.15, 0.2) is 12.1 Å². The summed E-state index contributed by atoms with van der Waals surface area (Å²) in [6, 6.07) is 3.96. The molecule has 2 aromatic rings. The van der Waals surface area contributed by atoms with Crippen molar-refractivity contribution in [2.24, 2.45) is 0 Å². The van der Waals surface area contributed by atoms with Crippen molar-refractivity contribution >= 4 is 34.6 Å². The van der Waals surface area contributed by atoms with Crippen LogP contribution in [0.5, 0.6) is 0 Å². The zero-order chi connectivity index (χ0) is 13.1. The van der Waals surface area contributed by atoms with Gasteiger partial charge < -0.3 is 11.1 Å². The summed E-state index contributed by atoms with van der Waals surface area (Å²) in [6.45, 7) is 4.55. The summed E-state index contributed by atoms with van der Waals surface area (Å²) in [5.41, 5.74) is 6.69. The van der Waals surface area contributed by atoms with Crippen molar-refractivity contribution < 1.29 is 0 Å². The molecular formula is C12H15ClN4S. The number of hydrogen-bond donors (Lipinski definition) is 2. The fourth-order valence-corrected chi connectivity index (χ4v) is 2.70. The van der Waals surface area contributed by atoms with Crippen molar-refractivity contribution in [3.8, 4) is 0 Å². The third-order valence-corrected chi connectivity index (χ3v) is 3.88. The Labute approximate surface area is 115 Å². The van der Waals surface area contributed by atoms with Crippen molar-refractivity contribution in [2.45, 2.75) is 20.3 Å². The molecule has 0 fully saturated rings. The van der Waals surface area contributed by atoms with Gasteiger partial charge >= 0.3 is 0 Å². The quantitative estimate of drug-likeness (QED) is 0.905. The van der Waals surface area contributed by atoms with Crippen molar-refractivity contribution in [1.29, 1.82) is 0 Å². The monoisotopic (exact) mass is 282 g/mol. The number of aryl methyl sites for hydroxylation is 1. The molecule has 2 rings (SSSR count). The van der Waals surface area contributed by atoms with Gasteiger partial charge in [0, 0.05) is 17.0 Å². The van der Waals surface area contributed by atoms with E-state index in [0.717, 1.165) is 28.7 Å². The first-order valence-electron chi connectivity index (χ1n) is 5.65. The van der Waals surface area contributed by atoms with E-state index in [9.17, 15) is 0 Å². The molecule has 6 heteroatoms. The molecule has 3 N–H and O–H groups in total. The minimum atomic E-state index is 0.532. The number of nitrogens with two attached hydrogens (primary N) is 1. The summed E-state index contributed by atoms with van der Waals surface area (Å²) in [4.78, 5) is 9.71. The molecule has 18 heavy (non-hydrogen) atoms. The highest BCUT2D eigenvalue weighted by atomic mass is 35.5. The van der Waals surface area contributed by atoms with Crippen molar-refractivity contribution in [2.75, 3.05) is 17.6 Å². The van der Waals surface area contributed by atoms with Crippen molar-refractivity contribution in [3.05, 3.63) is 32.7 Å². The molecule has 96 valence electrons. The van der Waals surface area contributed by atoms with E-state index in [1.54, 1.807) is 11.3 Å². The second-order valence-corrected chi connectivity index (χ2v) is 5.81. The lowest BCUT2D eigenvalue weighted by Crippen LogP contribution is -2.10. The fraction of sp³-hybridized carbons (Fsp3) is 0.333. The molecule has 0 aliphatic rings. The minimum Gasteiger partial charge on any atom is -0.383 e. The van der Waals surface area contributed by atoms with Crippen LogP contribution in [0.3, 0.4) is 0 Å². The first-order valence-corrected chi connectivity index (χ1v) is 6.84. The van der Waals surface area contributed by atoms with E-state index in [1.807, 2.05) is 26.0 Å². The van der Waals surface area contributed by atoms with E-state index in [0.29, 0.717) is 11.6 Å². The van der Waals surface area contributed by atoms with E-state index in [2.05, 4.69) is 15.3 Å². The molecule has 2 aromatic heterocycles. The third kappa shape index (κ3) is 3.11. The summed E-state index contributed by atoms with van der Waals surface area (Å²) in [6.07, 6.45) is 0.916. The van der Waals surface area contributed by atoms with Crippen LogP contribution < -0.4 is 11.1 Å². The summed E-state index contributed by atoms with van der Waals surface area (Å²) in [5.74, 6) is 2.02. The van der Waals surface area contributed by atoms with Gasteiger partial charge in [0.25, 0.3) is 0 Å². The van der Waals surface area contributed by atoms with E-state index in [-0.39, 0.29) is 0 Å². The Morgan fingerprint density at radius 2 is 2.11 bits per heavy atom. The standard InChI is InChI=1S/C12H15ClN4S/c1-7-11(14)16-8(2)17-12(7)15-6-5-9-3-4-10(13)18-9/h3-4H,5-6H2,1-2H3,(H3,14,15,16,17). The van der Waals surface area contributed by atoms with Gasteiger partial charge in [-0.3, -0.25) is 0 Å². The predicted molar refractivity (Wildman–Crippen MR) is 77.4 cm³/mol. The Bertz CT molecular complexity index is 553. The highest BCUT2D eigenvalue weighted by Crippen LogP contribution is 2.22.